The monoisotopic (exact) mass is 532 g/mol. The number of carbonyl (C=O) groups excluding carboxylic acids is 1. The zero-order valence-electron chi connectivity index (χ0n) is 21.1. The van der Waals surface area contributed by atoms with Gasteiger partial charge >= 0.3 is 0 Å². The van der Waals surface area contributed by atoms with E-state index in [1.165, 1.54) is 52.7 Å². The van der Waals surface area contributed by atoms with Gasteiger partial charge in [0.15, 0.2) is 11.5 Å². The number of nitrogens with zero attached hydrogens (tertiary/aromatic N) is 2. The summed E-state index contributed by atoms with van der Waals surface area (Å²) < 4.78 is 50.0. The Morgan fingerprint density at radius 1 is 0.763 bits per heavy atom. The van der Waals surface area contributed by atoms with E-state index in [1.807, 2.05) is 24.3 Å². The van der Waals surface area contributed by atoms with E-state index in [0.29, 0.717) is 16.9 Å². The van der Waals surface area contributed by atoms with Gasteiger partial charge in [0.25, 0.3) is 10.0 Å². The molecule has 0 spiro atoms. The van der Waals surface area contributed by atoms with Crippen molar-refractivity contribution in [3.8, 4) is 23.0 Å². The summed E-state index contributed by atoms with van der Waals surface area (Å²) in [5.74, 6) is 0.783. The van der Waals surface area contributed by atoms with Gasteiger partial charge in [-0.1, -0.05) is 30.3 Å². The molecule has 0 saturated heterocycles. The van der Waals surface area contributed by atoms with E-state index in [0.717, 1.165) is 14.9 Å². The lowest BCUT2D eigenvalue weighted by Gasteiger charge is -2.13. The van der Waals surface area contributed by atoms with Gasteiger partial charge < -0.3 is 18.9 Å². The highest BCUT2D eigenvalue weighted by molar-refractivity contribution is 7.90. The third kappa shape index (κ3) is 4.08. The zero-order chi connectivity index (χ0) is 27.0. The molecular formula is C28H24N2O7S. The van der Waals surface area contributed by atoms with Crippen LogP contribution in [0.2, 0.25) is 0 Å². The summed E-state index contributed by atoms with van der Waals surface area (Å²) >= 11 is 0. The van der Waals surface area contributed by atoms with Crippen molar-refractivity contribution >= 4 is 37.5 Å². The van der Waals surface area contributed by atoms with Crippen LogP contribution in [0.3, 0.4) is 0 Å². The van der Waals surface area contributed by atoms with E-state index < -0.39 is 15.8 Å². The van der Waals surface area contributed by atoms with Gasteiger partial charge in [-0.2, -0.15) is 17.6 Å². The molecule has 0 saturated carbocycles. The van der Waals surface area contributed by atoms with Crippen LogP contribution in [-0.4, -0.2) is 51.8 Å². The predicted octanol–water partition coefficient (Wildman–Crippen LogP) is 4.69. The minimum atomic E-state index is -4.18. The summed E-state index contributed by atoms with van der Waals surface area (Å²) in [4.78, 5) is 13.8. The Balaban J connectivity index is 1.72. The average Bonchev–Trinajstić information content (AvgIpc) is 3.35. The number of aromatic nitrogens is 2. The average molecular weight is 533 g/mol. The SMILES string of the molecule is COc1ccc2c(C(=O)c3cc(OC)c(OC)c(OC)c3)nn(S(=O)(=O)c3ccc4ccccc4c3)c2c1. The van der Waals surface area contributed by atoms with Gasteiger partial charge in [-0.25, -0.2) is 0 Å². The number of benzene rings is 4. The van der Waals surface area contributed by atoms with Crippen molar-refractivity contribution in [2.75, 3.05) is 28.4 Å². The topological polar surface area (TPSA) is 106 Å². The largest absolute Gasteiger partial charge is 0.497 e. The number of carbonyl (C=O) groups is 1. The van der Waals surface area contributed by atoms with Gasteiger partial charge in [0.2, 0.25) is 11.5 Å². The van der Waals surface area contributed by atoms with Crippen molar-refractivity contribution in [1.82, 2.24) is 9.19 Å². The number of hydrogen-bond acceptors (Lipinski definition) is 8. The van der Waals surface area contributed by atoms with Crippen LogP contribution in [0.1, 0.15) is 16.1 Å². The number of hydrogen-bond donors (Lipinski definition) is 0. The van der Waals surface area contributed by atoms with E-state index in [2.05, 4.69) is 5.10 Å². The maximum Gasteiger partial charge on any atom is 0.283 e. The Morgan fingerprint density at radius 3 is 2.08 bits per heavy atom. The molecule has 0 radical (unpaired) electrons. The zero-order valence-corrected chi connectivity index (χ0v) is 21.9. The molecule has 0 aliphatic rings. The van der Waals surface area contributed by atoms with Gasteiger partial charge in [0.05, 0.1) is 38.9 Å². The molecule has 0 amide bonds. The summed E-state index contributed by atoms with van der Waals surface area (Å²) in [6.07, 6.45) is 0. The third-order valence-electron chi connectivity index (χ3n) is 6.25. The normalized spacial score (nSPS) is 11.5. The van der Waals surface area contributed by atoms with Crippen LogP contribution >= 0.6 is 0 Å². The number of fused-ring (bicyclic) bond motifs is 2. The molecule has 5 rings (SSSR count). The summed E-state index contributed by atoms with van der Waals surface area (Å²) in [7, 11) is 1.63. The van der Waals surface area contributed by atoms with Crippen LogP contribution in [-0.2, 0) is 10.0 Å². The Bertz CT molecular complexity index is 1780. The van der Waals surface area contributed by atoms with E-state index in [1.54, 1.807) is 24.3 Å². The smallest absolute Gasteiger partial charge is 0.283 e. The fourth-order valence-corrected chi connectivity index (χ4v) is 5.64. The molecule has 1 heterocycles. The fourth-order valence-electron chi connectivity index (χ4n) is 4.32. The van der Waals surface area contributed by atoms with Crippen LogP contribution in [0, 0.1) is 0 Å². The Morgan fingerprint density at radius 2 is 1.45 bits per heavy atom. The van der Waals surface area contributed by atoms with Gasteiger partial charge in [-0.05, 0) is 47.2 Å². The maximum atomic E-state index is 13.8. The van der Waals surface area contributed by atoms with Crippen molar-refractivity contribution in [3.63, 3.8) is 0 Å². The standard InChI is InChI=1S/C28H24N2O7S/c1-34-20-10-12-22-23(16-20)30(38(32,33)21-11-9-17-7-5-6-8-18(17)13-21)29-26(22)27(31)19-14-24(35-2)28(37-4)25(15-19)36-3/h5-16H,1-4H3. The van der Waals surface area contributed by atoms with Crippen molar-refractivity contribution in [3.05, 3.63) is 84.1 Å². The molecule has 0 aliphatic heterocycles. The highest BCUT2D eigenvalue weighted by Gasteiger charge is 2.28. The Kier molecular flexibility index (Phi) is 6.41. The lowest BCUT2D eigenvalue weighted by atomic mass is 10.0. The van der Waals surface area contributed by atoms with Crippen molar-refractivity contribution in [2.45, 2.75) is 4.90 Å². The molecule has 1 aromatic heterocycles. The highest BCUT2D eigenvalue weighted by Crippen LogP contribution is 2.39. The van der Waals surface area contributed by atoms with E-state index in [9.17, 15) is 13.2 Å². The lowest BCUT2D eigenvalue weighted by molar-refractivity contribution is 0.103. The van der Waals surface area contributed by atoms with E-state index >= 15 is 0 Å². The van der Waals surface area contributed by atoms with Crippen molar-refractivity contribution in [2.24, 2.45) is 0 Å². The van der Waals surface area contributed by atoms with Crippen molar-refractivity contribution < 1.29 is 32.2 Å². The minimum absolute atomic E-state index is 0.0372. The van der Waals surface area contributed by atoms with E-state index in [4.69, 9.17) is 18.9 Å². The second kappa shape index (κ2) is 9.71. The number of rotatable bonds is 8. The van der Waals surface area contributed by atoms with Crippen LogP contribution in [0.15, 0.2) is 77.7 Å². The Labute approximate surface area is 219 Å². The van der Waals surface area contributed by atoms with Crippen LogP contribution in [0.4, 0.5) is 0 Å². The first kappa shape index (κ1) is 25.1. The van der Waals surface area contributed by atoms with Gasteiger partial charge in [-0.15, -0.1) is 0 Å². The van der Waals surface area contributed by atoms with Crippen LogP contribution in [0.5, 0.6) is 23.0 Å². The first-order chi connectivity index (χ1) is 18.3. The molecule has 9 nitrogen and oxygen atoms in total. The molecule has 0 unspecified atom stereocenters. The van der Waals surface area contributed by atoms with E-state index in [-0.39, 0.29) is 33.2 Å². The molecule has 4 aromatic carbocycles. The molecule has 38 heavy (non-hydrogen) atoms. The molecule has 10 heteroatoms. The van der Waals surface area contributed by atoms with Gasteiger partial charge in [0, 0.05) is 17.0 Å². The molecule has 0 bridgehead atoms. The van der Waals surface area contributed by atoms with Crippen LogP contribution in [0.25, 0.3) is 21.7 Å². The van der Waals surface area contributed by atoms with Gasteiger partial charge in [-0.3, -0.25) is 4.79 Å². The summed E-state index contributed by atoms with van der Waals surface area (Å²) in [6.45, 7) is 0. The summed E-state index contributed by atoms with van der Waals surface area (Å²) in [6, 6.07) is 20.1. The summed E-state index contributed by atoms with van der Waals surface area (Å²) in [5, 5.41) is 6.34. The molecule has 0 aliphatic carbocycles. The summed E-state index contributed by atoms with van der Waals surface area (Å²) in [5.41, 5.74) is 0.333. The molecule has 0 atom stereocenters. The predicted molar refractivity (Wildman–Crippen MR) is 142 cm³/mol. The number of ether oxygens (including phenoxy) is 4. The highest BCUT2D eigenvalue weighted by atomic mass is 32.2. The van der Waals surface area contributed by atoms with Crippen LogP contribution < -0.4 is 18.9 Å². The maximum absolute atomic E-state index is 13.8. The van der Waals surface area contributed by atoms with Crippen molar-refractivity contribution in [1.29, 1.82) is 0 Å². The van der Waals surface area contributed by atoms with Gasteiger partial charge in [0.1, 0.15) is 11.4 Å². The number of ketones is 1. The third-order valence-corrected chi connectivity index (χ3v) is 7.83. The molecule has 0 fully saturated rings. The molecule has 5 aromatic rings. The molecular weight excluding hydrogens is 508 g/mol. The Hall–Kier alpha value is -4.57. The fraction of sp³-hybridized carbons (Fsp3) is 0.143. The number of methoxy groups -OCH3 is 4. The minimum Gasteiger partial charge on any atom is -0.497 e. The first-order valence-electron chi connectivity index (χ1n) is 11.5. The quantitative estimate of drug-likeness (QED) is 0.265. The second-order valence-electron chi connectivity index (χ2n) is 8.33. The first-order valence-corrected chi connectivity index (χ1v) is 12.9. The molecule has 0 N–H and O–H groups in total. The second-order valence-corrected chi connectivity index (χ2v) is 10.1. The lowest BCUT2D eigenvalue weighted by Crippen LogP contribution is -2.15. The molecule has 194 valence electrons.